The summed E-state index contributed by atoms with van der Waals surface area (Å²) in [6, 6.07) is 12.1. The zero-order chi connectivity index (χ0) is 13.8. The quantitative estimate of drug-likeness (QED) is 0.651. The van der Waals surface area contributed by atoms with E-state index >= 15 is 0 Å². The minimum atomic E-state index is -0.272. The highest BCUT2D eigenvalue weighted by Crippen LogP contribution is 2.23. The summed E-state index contributed by atoms with van der Waals surface area (Å²) in [5.74, 6) is 5.31. The van der Waals surface area contributed by atoms with E-state index in [0.717, 1.165) is 11.1 Å². The fourth-order valence-electron chi connectivity index (χ4n) is 1.96. The lowest BCUT2D eigenvalue weighted by molar-refractivity contribution is 0.548. The standard InChI is InChI=1S/C14H13BrClFN2/c15-11-4-9(5-13(17)8-11)6-14(19-18)10-2-1-3-12(16)7-10/h1-5,7-8,14,19H,6,18H2. The molecule has 2 aromatic rings. The maximum Gasteiger partial charge on any atom is 0.124 e. The topological polar surface area (TPSA) is 38.0 Å². The first-order valence-corrected chi connectivity index (χ1v) is 6.92. The van der Waals surface area contributed by atoms with E-state index in [4.69, 9.17) is 17.4 Å². The minimum Gasteiger partial charge on any atom is -0.271 e. The van der Waals surface area contributed by atoms with Crippen LogP contribution in [0.5, 0.6) is 0 Å². The third kappa shape index (κ3) is 4.01. The maximum atomic E-state index is 13.3. The molecule has 1 atom stereocenters. The second kappa shape index (κ2) is 6.48. The lowest BCUT2D eigenvalue weighted by Crippen LogP contribution is -2.29. The van der Waals surface area contributed by atoms with Crippen LogP contribution in [-0.4, -0.2) is 0 Å². The summed E-state index contributed by atoms with van der Waals surface area (Å²) in [7, 11) is 0. The van der Waals surface area contributed by atoms with Crippen LogP contribution in [0.1, 0.15) is 17.2 Å². The van der Waals surface area contributed by atoms with Gasteiger partial charge in [0.1, 0.15) is 5.82 Å². The Kier molecular flexibility index (Phi) is 4.93. The molecule has 3 N–H and O–H groups in total. The number of halogens is 3. The first-order valence-electron chi connectivity index (χ1n) is 5.75. The van der Waals surface area contributed by atoms with Crippen molar-refractivity contribution in [2.24, 2.45) is 5.84 Å². The Morgan fingerprint density at radius 3 is 2.68 bits per heavy atom. The largest absolute Gasteiger partial charge is 0.271 e. The van der Waals surface area contributed by atoms with Gasteiger partial charge < -0.3 is 0 Å². The molecule has 2 aromatic carbocycles. The van der Waals surface area contributed by atoms with E-state index in [9.17, 15) is 4.39 Å². The zero-order valence-corrected chi connectivity index (χ0v) is 12.4. The molecule has 5 heteroatoms. The smallest absolute Gasteiger partial charge is 0.124 e. The van der Waals surface area contributed by atoms with Crippen molar-refractivity contribution < 1.29 is 4.39 Å². The molecule has 19 heavy (non-hydrogen) atoms. The van der Waals surface area contributed by atoms with Gasteiger partial charge in [-0.1, -0.05) is 39.7 Å². The monoisotopic (exact) mass is 342 g/mol. The van der Waals surface area contributed by atoms with Gasteiger partial charge in [0.25, 0.3) is 0 Å². The Labute approximate surface area is 124 Å². The molecule has 0 bridgehead atoms. The molecular weight excluding hydrogens is 331 g/mol. The van der Waals surface area contributed by atoms with Crippen LogP contribution in [0.15, 0.2) is 46.9 Å². The van der Waals surface area contributed by atoms with Gasteiger partial charge in [0, 0.05) is 9.50 Å². The normalized spacial score (nSPS) is 12.4. The molecule has 0 spiro atoms. The van der Waals surface area contributed by atoms with Crippen molar-refractivity contribution >= 4 is 27.5 Å². The highest BCUT2D eigenvalue weighted by atomic mass is 79.9. The molecule has 0 aliphatic rings. The number of nitrogens with two attached hydrogens (primary N) is 1. The number of rotatable bonds is 4. The lowest BCUT2D eigenvalue weighted by Gasteiger charge is -2.17. The van der Waals surface area contributed by atoms with Gasteiger partial charge in [-0.25, -0.2) is 4.39 Å². The molecule has 0 heterocycles. The predicted molar refractivity (Wildman–Crippen MR) is 79.3 cm³/mol. The van der Waals surface area contributed by atoms with Crippen molar-refractivity contribution in [3.63, 3.8) is 0 Å². The van der Waals surface area contributed by atoms with Gasteiger partial charge in [-0.15, -0.1) is 0 Å². The number of hydrazine groups is 1. The third-order valence-corrected chi connectivity index (χ3v) is 3.51. The van der Waals surface area contributed by atoms with Gasteiger partial charge in [-0.3, -0.25) is 11.3 Å². The Morgan fingerprint density at radius 2 is 2.05 bits per heavy atom. The summed E-state index contributed by atoms with van der Waals surface area (Å²) in [5.41, 5.74) is 4.56. The molecule has 100 valence electrons. The molecule has 0 radical (unpaired) electrons. The van der Waals surface area contributed by atoms with Crippen molar-refractivity contribution in [3.8, 4) is 0 Å². The first kappa shape index (κ1) is 14.5. The minimum absolute atomic E-state index is 0.118. The molecule has 0 fully saturated rings. The van der Waals surface area contributed by atoms with Crippen LogP contribution in [0.4, 0.5) is 4.39 Å². The number of benzene rings is 2. The Morgan fingerprint density at radius 1 is 1.26 bits per heavy atom. The second-order valence-electron chi connectivity index (χ2n) is 4.26. The van der Waals surface area contributed by atoms with E-state index in [0.29, 0.717) is 15.9 Å². The maximum absolute atomic E-state index is 13.3. The molecule has 0 saturated heterocycles. The predicted octanol–water partition coefficient (Wildman–Crippen LogP) is 3.99. The van der Waals surface area contributed by atoms with Crippen LogP contribution in [0.2, 0.25) is 5.02 Å². The van der Waals surface area contributed by atoms with Crippen molar-refractivity contribution in [1.82, 2.24) is 5.43 Å². The fourth-order valence-corrected chi connectivity index (χ4v) is 2.67. The summed E-state index contributed by atoms with van der Waals surface area (Å²) in [6.07, 6.45) is 0.577. The van der Waals surface area contributed by atoms with Crippen LogP contribution in [0, 0.1) is 5.82 Å². The van der Waals surface area contributed by atoms with Crippen LogP contribution < -0.4 is 11.3 Å². The Balaban J connectivity index is 2.23. The van der Waals surface area contributed by atoms with E-state index in [1.807, 2.05) is 24.3 Å². The molecule has 1 unspecified atom stereocenters. The molecular formula is C14H13BrClFN2. The molecule has 0 aromatic heterocycles. The number of nitrogens with one attached hydrogen (secondary N) is 1. The van der Waals surface area contributed by atoms with Crippen molar-refractivity contribution in [2.75, 3.05) is 0 Å². The molecule has 0 saturated carbocycles. The highest BCUT2D eigenvalue weighted by Gasteiger charge is 2.12. The summed E-state index contributed by atoms with van der Waals surface area (Å²) < 4.78 is 14.1. The van der Waals surface area contributed by atoms with E-state index in [-0.39, 0.29) is 11.9 Å². The molecule has 0 amide bonds. The number of hydrogen-bond donors (Lipinski definition) is 2. The average Bonchev–Trinajstić information content (AvgIpc) is 2.34. The summed E-state index contributed by atoms with van der Waals surface area (Å²) in [5, 5.41) is 0.651. The van der Waals surface area contributed by atoms with Gasteiger partial charge in [-0.2, -0.15) is 0 Å². The van der Waals surface area contributed by atoms with Gasteiger partial charge in [-0.05, 0) is 47.9 Å². The SMILES string of the molecule is NNC(Cc1cc(F)cc(Br)c1)c1cccc(Cl)c1. The van der Waals surface area contributed by atoms with Crippen molar-refractivity contribution in [1.29, 1.82) is 0 Å². The van der Waals surface area contributed by atoms with Gasteiger partial charge in [0.15, 0.2) is 0 Å². The molecule has 0 aliphatic carbocycles. The summed E-state index contributed by atoms with van der Waals surface area (Å²) in [6.45, 7) is 0. The van der Waals surface area contributed by atoms with Crippen molar-refractivity contribution in [2.45, 2.75) is 12.5 Å². The fraction of sp³-hybridized carbons (Fsp3) is 0.143. The average molecular weight is 344 g/mol. The van der Waals surface area contributed by atoms with Gasteiger partial charge in [0.05, 0.1) is 6.04 Å². The van der Waals surface area contributed by atoms with Crippen LogP contribution in [-0.2, 0) is 6.42 Å². The molecule has 2 rings (SSSR count). The Hall–Kier alpha value is -0.940. The molecule has 0 aliphatic heterocycles. The third-order valence-electron chi connectivity index (χ3n) is 2.81. The van der Waals surface area contributed by atoms with Crippen molar-refractivity contribution in [3.05, 3.63) is 68.9 Å². The van der Waals surface area contributed by atoms with Gasteiger partial charge >= 0.3 is 0 Å². The summed E-state index contributed by atoms with van der Waals surface area (Å²) in [4.78, 5) is 0. The summed E-state index contributed by atoms with van der Waals surface area (Å²) >= 11 is 9.24. The number of hydrogen-bond acceptors (Lipinski definition) is 2. The van der Waals surface area contributed by atoms with E-state index in [1.165, 1.54) is 12.1 Å². The van der Waals surface area contributed by atoms with Gasteiger partial charge in [0.2, 0.25) is 0 Å². The highest BCUT2D eigenvalue weighted by molar-refractivity contribution is 9.10. The Bertz CT molecular complexity index is 557. The van der Waals surface area contributed by atoms with E-state index in [1.54, 1.807) is 6.07 Å². The lowest BCUT2D eigenvalue weighted by atomic mass is 9.99. The van der Waals surface area contributed by atoms with Crippen LogP contribution in [0.25, 0.3) is 0 Å². The zero-order valence-electron chi connectivity index (χ0n) is 10.0. The van der Waals surface area contributed by atoms with E-state index in [2.05, 4.69) is 21.4 Å². The first-order chi connectivity index (χ1) is 9.08. The second-order valence-corrected chi connectivity index (χ2v) is 5.61. The van der Waals surface area contributed by atoms with Crippen LogP contribution in [0.3, 0.4) is 0 Å². The van der Waals surface area contributed by atoms with Crippen LogP contribution >= 0.6 is 27.5 Å². The van der Waals surface area contributed by atoms with E-state index < -0.39 is 0 Å². The molecule has 2 nitrogen and oxygen atoms in total.